The summed E-state index contributed by atoms with van der Waals surface area (Å²) >= 11 is 0. The quantitative estimate of drug-likeness (QED) is 0.335. The predicted octanol–water partition coefficient (Wildman–Crippen LogP) is 3.26. The Morgan fingerprint density at radius 3 is 2.70 bits per heavy atom. The first kappa shape index (κ1) is 20.8. The molecule has 0 spiro atoms. The fraction of sp³-hybridized carbons (Fsp3) is 0.238. The fourth-order valence-electron chi connectivity index (χ4n) is 2.68. The van der Waals surface area contributed by atoms with E-state index in [9.17, 15) is 19.7 Å². The third kappa shape index (κ3) is 5.57. The molecule has 0 aromatic heterocycles. The molecule has 0 atom stereocenters. The number of amides is 1. The molecule has 3 rings (SSSR count). The van der Waals surface area contributed by atoms with E-state index in [-0.39, 0.29) is 11.4 Å². The second-order valence-corrected chi connectivity index (χ2v) is 6.50. The van der Waals surface area contributed by atoms with Crippen LogP contribution in [0.4, 0.5) is 11.4 Å². The summed E-state index contributed by atoms with van der Waals surface area (Å²) in [7, 11) is 0. The Bertz CT molecular complexity index is 1000. The Morgan fingerprint density at radius 2 is 1.93 bits per heavy atom. The number of carbonyl (C=O) groups is 2. The first-order chi connectivity index (χ1) is 14.4. The maximum Gasteiger partial charge on any atom is 0.331 e. The van der Waals surface area contributed by atoms with Gasteiger partial charge in [-0.1, -0.05) is 12.1 Å². The lowest BCUT2D eigenvalue weighted by molar-refractivity contribution is -0.384. The van der Waals surface area contributed by atoms with Crippen LogP contribution in [-0.4, -0.2) is 36.6 Å². The molecular weight excluding hydrogens is 392 g/mol. The van der Waals surface area contributed by atoms with Crippen LogP contribution in [0.1, 0.15) is 17.5 Å². The minimum atomic E-state index is -0.701. The maximum absolute atomic E-state index is 12.0. The van der Waals surface area contributed by atoms with Gasteiger partial charge in [-0.2, -0.15) is 0 Å². The molecule has 2 aromatic carbocycles. The van der Waals surface area contributed by atoms with Crippen molar-refractivity contribution in [3.05, 3.63) is 63.7 Å². The number of anilines is 1. The standard InChI is InChI=1S/C21H20N2O7/c1-14-3-6-16(23(26)27)12-17(14)22-20(24)13-30-21(25)8-5-15-4-7-18-19(11-15)29-10-2-9-28-18/h3-8,11-12H,2,9-10,13H2,1H3,(H,22,24)/b8-5+. The average molecular weight is 412 g/mol. The molecule has 0 saturated heterocycles. The molecule has 1 aliphatic heterocycles. The molecule has 0 saturated carbocycles. The smallest absolute Gasteiger partial charge is 0.331 e. The maximum atomic E-state index is 12.0. The highest BCUT2D eigenvalue weighted by atomic mass is 16.6. The first-order valence-corrected chi connectivity index (χ1v) is 9.22. The van der Waals surface area contributed by atoms with Gasteiger partial charge in [0.2, 0.25) is 0 Å². The van der Waals surface area contributed by atoms with Gasteiger partial charge in [-0.3, -0.25) is 14.9 Å². The second-order valence-electron chi connectivity index (χ2n) is 6.50. The number of rotatable bonds is 6. The number of hydrogen-bond donors (Lipinski definition) is 1. The zero-order chi connectivity index (χ0) is 21.5. The number of benzene rings is 2. The lowest BCUT2D eigenvalue weighted by Crippen LogP contribution is -2.20. The largest absolute Gasteiger partial charge is 0.490 e. The summed E-state index contributed by atoms with van der Waals surface area (Å²) in [6, 6.07) is 9.41. The van der Waals surface area contributed by atoms with Crippen molar-refractivity contribution < 1.29 is 28.7 Å². The summed E-state index contributed by atoms with van der Waals surface area (Å²) in [6.45, 7) is 2.32. The molecule has 1 N–H and O–H groups in total. The van der Waals surface area contributed by atoms with Crippen LogP contribution in [0.5, 0.6) is 11.5 Å². The molecule has 0 fully saturated rings. The van der Waals surface area contributed by atoms with E-state index in [4.69, 9.17) is 14.2 Å². The minimum Gasteiger partial charge on any atom is -0.490 e. The molecule has 0 radical (unpaired) electrons. The number of esters is 1. The normalized spacial score (nSPS) is 12.8. The molecule has 0 aliphatic carbocycles. The van der Waals surface area contributed by atoms with Crippen molar-refractivity contribution in [1.82, 2.24) is 0 Å². The van der Waals surface area contributed by atoms with Gasteiger partial charge in [-0.25, -0.2) is 4.79 Å². The number of nitro benzene ring substituents is 1. The number of carbonyl (C=O) groups excluding carboxylic acids is 2. The Balaban J connectivity index is 1.53. The van der Waals surface area contributed by atoms with Crippen molar-refractivity contribution in [2.45, 2.75) is 13.3 Å². The Morgan fingerprint density at radius 1 is 1.17 bits per heavy atom. The summed E-state index contributed by atoms with van der Waals surface area (Å²) in [5.41, 5.74) is 1.50. The van der Waals surface area contributed by atoms with Gasteiger partial charge in [0.15, 0.2) is 18.1 Å². The SMILES string of the molecule is Cc1ccc([N+](=O)[O-])cc1NC(=O)COC(=O)/C=C/c1ccc2c(c1)OCCCO2. The Hall–Kier alpha value is -3.88. The lowest BCUT2D eigenvalue weighted by Gasteiger charge is -2.08. The molecule has 30 heavy (non-hydrogen) atoms. The molecular formula is C21H20N2O7. The highest BCUT2D eigenvalue weighted by Crippen LogP contribution is 2.30. The van der Waals surface area contributed by atoms with Gasteiger partial charge in [-0.15, -0.1) is 0 Å². The van der Waals surface area contributed by atoms with Crippen LogP contribution in [0.3, 0.4) is 0 Å². The van der Waals surface area contributed by atoms with Crippen molar-refractivity contribution in [2.75, 3.05) is 25.1 Å². The van der Waals surface area contributed by atoms with E-state index < -0.39 is 23.4 Å². The highest BCUT2D eigenvalue weighted by molar-refractivity contribution is 5.95. The van der Waals surface area contributed by atoms with Crippen LogP contribution < -0.4 is 14.8 Å². The number of hydrogen-bond acceptors (Lipinski definition) is 7. The van der Waals surface area contributed by atoms with Crippen molar-refractivity contribution >= 4 is 29.3 Å². The first-order valence-electron chi connectivity index (χ1n) is 9.22. The fourth-order valence-corrected chi connectivity index (χ4v) is 2.68. The predicted molar refractivity (Wildman–Crippen MR) is 109 cm³/mol. The summed E-state index contributed by atoms with van der Waals surface area (Å²) in [4.78, 5) is 34.2. The van der Waals surface area contributed by atoms with Crippen LogP contribution in [0.15, 0.2) is 42.5 Å². The number of nitro groups is 1. The van der Waals surface area contributed by atoms with Gasteiger partial charge in [-0.05, 0) is 36.3 Å². The van der Waals surface area contributed by atoms with E-state index >= 15 is 0 Å². The van der Waals surface area contributed by atoms with Gasteiger partial charge < -0.3 is 19.5 Å². The van der Waals surface area contributed by atoms with E-state index in [1.807, 2.05) is 0 Å². The van der Waals surface area contributed by atoms with Crippen LogP contribution in [0.25, 0.3) is 6.08 Å². The summed E-state index contributed by atoms with van der Waals surface area (Å²) in [6.07, 6.45) is 3.54. The van der Waals surface area contributed by atoms with E-state index in [2.05, 4.69) is 5.32 Å². The third-order valence-corrected chi connectivity index (χ3v) is 4.24. The molecule has 1 amide bonds. The van der Waals surface area contributed by atoms with Gasteiger partial charge >= 0.3 is 5.97 Å². The van der Waals surface area contributed by atoms with Crippen molar-refractivity contribution in [1.29, 1.82) is 0 Å². The Labute approximate surface area is 172 Å². The number of nitrogens with zero attached hydrogens (tertiary/aromatic N) is 1. The van der Waals surface area contributed by atoms with Gasteiger partial charge in [0, 0.05) is 24.6 Å². The number of non-ortho nitro benzene ring substituents is 1. The molecule has 2 aromatic rings. The van der Waals surface area contributed by atoms with Crippen molar-refractivity contribution in [2.24, 2.45) is 0 Å². The number of nitrogens with one attached hydrogen (secondary N) is 1. The van der Waals surface area contributed by atoms with E-state index in [1.165, 1.54) is 24.3 Å². The van der Waals surface area contributed by atoms with Crippen LogP contribution in [-0.2, 0) is 14.3 Å². The second kappa shape index (κ2) is 9.55. The lowest BCUT2D eigenvalue weighted by atomic mass is 10.2. The average Bonchev–Trinajstić information content (AvgIpc) is 2.97. The summed E-state index contributed by atoms with van der Waals surface area (Å²) in [5, 5.41) is 13.4. The van der Waals surface area contributed by atoms with Crippen molar-refractivity contribution in [3.63, 3.8) is 0 Å². The zero-order valence-electron chi connectivity index (χ0n) is 16.3. The summed E-state index contributed by atoms with van der Waals surface area (Å²) in [5.74, 6) is -0.0426. The molecule has 1 heterocycles. The molecule has 0 unspecified atom stereocenters. The van der Waals surface area contributed by atoms with E-state index in [1.54, 1.807) is 31.2 Å². The monoisotopic (exact) mass is 412 g/mol. The topological polar surface area (TPSA) is 117 Å². The van der Waals surface area contributed by atoms with E-state index in [0.29, 0.717) is 35.8 Å². The van der Waals surface area contributed by atoms with Crippen LogP contribution in [0.2, 0.25) is 0 Å². The highest BCUT2D eigenvalue weighted by Gasteiger charge is 2.13. The number of aryl methyl sites for hydroxylation is 1. The van der Waals surface area contributed by atoms with Gasteiger partial charge in [0.05, 0.1) is 23.8 Å². The molecule has 156 valence electrons. The summed E-state index contributed by atoms with van der Waals surface area (Å²) < 4.78 is 16.1. The zero-order valence-corrected chi connectivity index (χ0v) is 16.3. The molecule has 9 heteroatoms. The van der Waals surface area contributed by atoms with Crippen LogP contribution >= 0.6 is 0 Å². The Kier molecular flexibility index (Phi) is 6.63. The van der Waals surface area contributed by atoms with Crippen LogP contribution in [0, 0.1) is 17.0 Å². The molecule has 1 aliphatic rings. The molecule has 9 nitrogen and oxygen atoms in total. The van der Waals surface area contributed by atoms with Gasteiger partial charge in [0.1, 0.15) is 0 Å². The molecule has 0 bridgehead atoms. The van der Waals surface area contributed by atoms with Gasteiger partial charge in [0.25, 0.3) is 11.6 Å². The van der Waals surface area contributed by atoms with E-state index in [0.717, 1.165) is 6.42 Å². The van der Waals surface area contributed by atoms with Crippen molar-refractivity contribution in [3.8, 4) is 11.5 Å². The number of fused-ring (bicyclic) bond motifs is 1. The third-order valence-electron chi connectivity index (χ3n) is 4.24. The minimum absolute atomic E-state index is 0.147. The number of ether oxygens (including phenoxy) is 3.